The van der Waals surface area contributed by atoms with Gasteiger partial charge in [-0.05, 0) is 19.4 Å². The van der Waals surface area contributed by atoms with Crippen molar-refractivity contribution in [3.05, 3.63) is 11.4 Å². The number of allylic oxidation sites excluding steroid dienone is 1. The van der Waals surface area contributed by atoms with Crippen molar-refractivity contribution < 1.29 is 23.4 Å². The fraction of sp³-hybridized carbons (Fsp3) is 0.625. The summed E-state index contributed by atoms with van der Waals surface area (Å²) in [7, 11) is 0. The molecule has 5 heteroatoms. The Morgan fingerprint density at radius 1 is 1.69 bits per heavy atom. The van der Waals surface area contributed by atoms with E-state index in [0.29, 0.717) is 5.57 Å². The molecule has 0 aromatic heterocycles. The fourth-order valence-corrected chi connectivity index (χ4v) is 0.704. The van der Waals surface area contributed by atoms with Crippen LogP contribution < -0.4 is 0 Å². The maximum absolute atomic E-state index is 12.8. The minimum atomic E-state index is -0.780. The predicted octanol–water partition coefficient (Wildman–Crippen LogP) is 1.76. The molecule has 0 amide bonds. The number of hydrogen-bond donors (Lipinski definition) is 0. The zero-order chi connectivity index (χ0) is 9.84. The van der Waals surface area contributed by atoms with Crippen molar-refractivity contribution >= 4 is 6.16 Å². The molecule has 0 aromatic carbocycles. The summed E-state index contributed by atoms with van der Waals surface area (Å²) < 4.78 is 26.7. The van der Waals surface area contributed by atoms with Crippen molar-refractivity contribution in [2.75, 3.05) is 13.2 Å². The third-order valence-corrected chi connectivity index (χ3v) is 1.50. The molecular formula is C8H11FO4. The fourth-order valence-electron chi connectivity index (χ4n) is 0.704. The highest BCUT2D eigenvalue weighted by Gasteiger charge is 2.25. The first-order chi connectivity index (χ1) is 6.09. The molecule has 1 atom stereocenters. The summed E-state index contributed by atoms with van der Waals surface area (Å²) in [5.41, 5.74) is 0.547. The van der Waals surface area contributed by atoms with Crippen molar-refractivity contribution in [1.82, 2.24) is 0 Å². The van der Waals surface area contributed by atoms with Gasteiger partial charge in [-0.2, -0.15) is 0 Å². The molecule has 1 unspecified atom stereocenters. The number of cyclic esters (lactones) is 2. The standard InChI is InChI=1S/C8H11FO4/c1-5(2)6(9)3-11-7-4-12-8(10)13-7/h7H,3-4H2,1-2H3. The second kappa shape index (κ2) is 4.23. The Morgan fingerprint density at radius 2 is 2.38 bits per heavy atom. The van der Waals surface area contributed by atoms with E-state index < -0.39 is 12.4 Å². The van der Waals surface area contributed by atoms with Gasteiger partial charge in [-0.25, -0.2) is 9.18 Å². The molecular weight excluding hydrogens is 179 g/mol. The maximum Gasteiger partial charge on any atom is 0.510 e. The van der Waals surface area contributed by atoms with Crippen LogP contribution in [0, 0.1) is 0 Å². The predicted molar refractivity (Wildman–Crippen MR) is 41.7 cm³/mol. The smallest absolute Gasteiger partial charge is 0.428 e. The van der Waals surface area contributed by atoms with E-state index in [1.54, 1.807) is 13.8 Å². The second-order valence-electron chi connectivity index (χ2n) is 2.82. The van der Waals surface area contributed by atoms with E-state index in [0.717, 1.165) is 0 Å². The van der Waals surface area contributed by atoms with Crippen molar-refractivity contribution in [3.63, 3.8) is 0 Å². The summed E-state index contributed by atoms with van der Waals surface area (Å²) in [6.45, 7) is 3.10. The minimum absolute atomic E-state index is 0.0227. The molecule has 0 aliphatic carbocycles. The van der Waals surface area contributed by atoms with Crippen LogP contribution in [-0.2, 0) is 14.2 Å². The monoisotopic (exact) mass is 190 g/mol. The number of rotatable bonds is 3. The highest BCUT2D eigenvalue weighted by Crippen LogP contribution is 2.11. The molecule has 0 bridgehead atoms. The topological polar surface area (TPSA) is 44.8 Å². The van der Waals surface area contributed by atoms with Gasteiger partial charge in [0.15, 0.2) is 6.61 Å². The first-order valence-electron chi connectivity index (χ1n) is 3.86. The lowest BCUT2D eigenvalue weighted by atomic mass is 10.3. The van der Waals surface area contributed by atoms with Crippen LogP contribution in [0.25, 0.3) is 0 Å². The van der Waals surface area contributed by atoms with Gasteiger partial charge in [0.05, 0.1) is 0 Å². The van der Waals surface area contributed by atoms with E-state index in [2.05, 4.69) is 9.47 Å². The van der Waals surface area contributed by atoms with E-state index in [-0.39, 0.29) is 19.0 Å². The van der Waals surface area contributed by atoms with Crippen LogP contribution in [0.15, 0.2) is 11.4 Å². The molecule has 0 N–H and O–H groups in total. The van der Waals surface area contributed by atoms with Gasteiger partial charge >= 0.3 is 6.16 Å². The number of ether oxygens (including phenoxy) is 3. The van der Waals surface area contributed by atoms with E-state index in [4.69, 9.17) is 4.74 Å². The normalized spacial score (nSPS) is 20.8. The van der Waals surface area contributed by atoms with Crippen LogP contribution in [-0.4, -0.2) is 25.7 Å². The Balaban J connectivity index is 2.27. The average molecular weight is 190 g/mol. The second-order valence-corrected chi connectivity index (χ2v) is 2.82. The largest absolute Gasteiger partial charge is 0.510 e. The lowest BCUT2D eigenvalue weighted by molar-refractivity contribution is -0.0723. The van der Waals surface area contributed by atoms with Gasteiger partial charge in [0.25, 0.3) is 0 Å². The van der Waals surface area contributed by atoms with Crippen molar-refractivity contribution in [1.29, 1.82) is 0 Å². The SMILES string of the molecule is CC(C)=C(F)COC1COC(=O)O1. The lowest BCUT2D eigenvalue weighted by Crippen LogP contribution is -2.16. The molecule has 1 saturated heterocycles. The van der Waals surface area contributed by atoms with Crippen molar-refractivity contribution in [2.24, 2.45) is 0 Å². The number of carbonyl (C=O) groups is 1. The zero-order valence-corrected chi connectivity index (χ0v) is 7.50. The molecule has 0 saturated carbocycles. The van der Waals surface area contributed by atoms with Crippen LogP contribution in [0.3, 0.4) is 0 Å². The number of hydrogen-bond acceptors (Lipinski definition) is 4. The van der Waals surface area contributed by atoms with Crippen molar-refractivity contribution in [3.8, 4) is 0 Å². The van der Waals surface area contributed by atoms with Crippen LogP contribution >= 0.6 is 0 Å². The Kier molecular flexibility index (Phi) is 3.25. The van der Waals surface area contributed by atoms with Gasteiger partial charge in [0, 0.05) is 0 Å². The molecule has 0 spiro atoms. The molecule has 1 aliphatic rings. The zero-order valence-electron chi connectivity index (χ0n) is 7.50. The molecule has 4 nitrogen and oxygen atoms in total. The summed E-state index contributed by atoms with van der Waals surface area (Å²) >= 11 is 0. The Morgan fingerprint density at radius 3 is 2.85 bits per heavy atom. The quantitative estimate of drug-likeness (QED) is 0.636. The van der Waals surface area contributed by atoms with Crippen LogP contribution in [0.4, 0.5) is 9.18 Å². The van der Waals surface area contributed by atoms with E-state index in [9.17, 15) is 9.18 Å². The Labute approximate surface area is 75.3 Å². The molecule has 1 heterocycles. The van der Waals surface area contributed by atoms with Gasteiger partial charge < -0.3 is 14.2 Å². The van der Waals surface area contributed by atoms with Crippen LogP contribution in [0.5, 0.6) is 0 Å². The van der Waals surface area contributed by atoms with Gasteiger partial charge in [-0.15, -0.1) is 0 Å². The van der Waals surface area contributed by atoms with Crippen LogP contribution in [0.2, 0.25) is 0 Å². The van der Waals surface area contributed by atoms with E-state index in [1.165, 1.54) is 0 Å². The lowest BCUT2D eigenvalue weighted by Gasteiger charge is -2.06. The summed E-state index contributed by atoms with van der Waals surface area (Å²) in [6, 6.07) is 0. The molecule has 13 heavy (non-hydrogen) atoms. The van der Waals surface area contributed by atoms with E-state index in [1.807, 2.05) is 0 Å². The third-order valence-electron chi connectivity index (χ3n) is 1.50. The summed E-state index contributed by atoms with van der Waals surface area (Å²) in [5.74, 6) is -0.358. The molecule has 1 rings (SSSR count). The number of carbonyl (C=O) groups excluding carboxylic acids is 1. The van der Waals surface area contributed by atoms with Gasteiger partial charge in [0.1, 0.15) is 12.4 Å². The summed E-state index contributed by atoms with van der Waals surface area (Å²) in [4.78, 5) is 10.4. The Hall–Kier alpha value is -1.10. The van der Waals surface area contributed by atoms with Crippen LogP contribution in [0.1, 0.15) is 13.8 Å². The molecule has 74 valence electrons. The van der Waals surface area contributed by atoms with Crippen molar-refractivity contribution in [2.45, 2.75) is 20.1 Å². The molecule has 0 aromatic rings. The average Bonchev–Trinajstić information content (AvgIpc) is 2.47. The van der Waals surface area contributed by atoms with Gasteiger partial charge in [-0.1, -0.05) is 0 Å². The summed E-state index contributed by atoms with van der Waals surface area (Å²) in [6.07, 6.45) is -1.56. The first-order valence-corrected chi connectivity index (χ1v) is 3.86. The van der Waals surface area contributed by atoms with Gasteiger partial charge in [-0.3, -0.25) is 0 Å². The van der Waals surface area contributed by atoms with E-state index >= 15 is 0 Å². The molecule has 0 radical (unpaired) electrons. The highest BCUT2D eigenvalue weighted by molar-refractivity contribution is 5.61. The summed E-state index contributed by atoms with van der Waals surface area (Å²) in [5, 5.41) is 0. The first kappa shape index (κ1) is 9.98. The van der Waals surface area contributed by atoms with Gasteiger partial charge in [0.2, 0.25) is 6.29 Å². The Bertz CT molecular complexity index is 232. The minimum Gasteiger partial charge on any atom is -0.428 e. The third kappa shape index (κ3) is 3.02. The highest BCUT2D eigenvalue weighted by atomic mass is 19.1. The molecule has 1 fully saturated rings. The maximum atomic E-state index is 12.8. The number of halogens is 1. The molecule has 1 aliphatic heterocycles.